The molecule has 2 saturated heterocycles. The number of carboxylic acids is 2. The largest absolute Gasteiger partial charge is 0.481 e. The van der Waals surface area contributed by atoms with Gasteiger partial charge < -0.3 is 20.0 Å². The van der Waals surface area contributed by atoms with E-state index in [0.717, 1.165) is 22.5 Å². The number of aliphatic carboxylic acids is 2. The smallest absolute Gasteiger partial charge is 0.316 e. The van der Waals surface area contributed by atoms with Gasteiger partial charge in [0, 0.05) is 24.5 Å². The summed E-state index contributed by atoms with van der Waals surface area (Å²) in [5.74, 6) is -4.42. The van der Waals surface area contributed by atoms with Crippen LogP contribution in [0.1, 0.15) is 24.0 Å². The molecule has 2 unspecified atom stereocenters. The zero-order chi connectivity index (χ0) is 23.4. The quantitative estimate of drug-likeness (QED) is 0.710. The average molecular weight is 438 g/mol. The molecule has 2 atom stereocenters. The maximum absolute atomic E-state index is 11.8. The summed E-state index contributed by atoms with van der Waals surface area (Å²) in [7, 11) is 0. The highest BCUT2D eigenvalue weighted by atomic mass is 16.4. The summed E-state index contributed by atoms with van der Waals surface area (Å²) in [5.41, 5.74) is 3.69. The zero-order valence-electron chi connectivity index (χ0n) is 18.0. The van der Waals surface area contributed by atoms with Crippen LogP contribution in [0.25, 0.3) is 0 Å². The molecule has 2 fully saturated rings. The highest BCUT2D eigenvalue weighted by molar-refractivity contribution is 6.08. The maximum atomic E-state index is 11.8. The summed E-state index contributed by atoms with van der Waals surface area (Å²) in [6.07, 6.45) is 0.782. The fourth-order valence-electron chi connectivity index (χ4n) is 3.92. The van der Waals surface area contributed by atoms with Crippen LogP contribution in [0, 0.1) is 25.7 Å². The van der Waals surface area contributed by atoms with Crippen molar-refractivity contribution in [2.24, 2.45) is 11.8 Å². The van der Waals surface area contributed by atoms with E-state index in [0.29, 0.717) is 25.9 Å². The van der Waals surface area contributed by atoms with Gasteiger partial charge in [-0.05, 0) is 62.1 Å². The number of carbonyl (C=O) groups is 4. The fourth-order valence-corrected chi connectivity index (χ4v) is 3.92. The number of aryl methyl sites for hydroxylation is 2. The maximum Gasteiger partial charge on any atom is 0.316 e. The number of rotatable bonds is 4. The first-order chi connectivity index (χ1) is 15.2. The first-order valence-corrected chi connectivity index (χ1v) is 10.4. The molecule has 0 bridgehead atoms. The lowest BCUT2D eigenvalue weighted by Gasteiger charge is -2.16. The normalized spacial score (nSPS) is 20.2. The van der Waals surface area contributed by atoms with Crippen molar-refractivity contribution in [3.63, 3.8) is 0 Å². The van der Waals surface area contributed by atoms with Gasteiger partial charge in [0.05, 0.1) is 0 Å². The van der Waals surface area contributed by atoms with E-state index >= 15 is 0 Å². The standard InChI is InChI=1S/2C12H13NO3/c2*1-8-3-2-4-9(7-8)13-6-5-10(11(13)14)12(15)16/h2*2-4,7,10H,5-6H2,1H3,(H,15,16). The number of carboxylic acid groups (broad SMARTS) is 2. The van der Waals surface area contributed by atoms with E-state index in [-0.39, 0.29) is 11.8 Å². The molecule has 2 aliphatic heterocycles. The van der Waals surface area contributed by atoms with Crippen molar-refractivity contribution < 1.29 is 29.4 Å². The third-order valence-corrected chi connectivity index (χ3v) is 5.63. The number of nitrogens with zero attached hydrogens (tertiary/aromatic N) is 2. The molecule has 8 heteroatoms. The summed E-state index contributed by atoms with van der Waals surface area (Å²) in [6.45, 7) is 4.86. The molecule has 2 N–H and O–H groups in total. The van der Waals surface area contributed by atoms with Crippen LogP contribution < -0.4 is 9.80 Å². The van der Waals surface area contributed by atoms with Gasteiger partial charge in [-0.15, -0.1) is 0 Å². The van der Waals surface area contributed by atoms with E-state index in [9.17, 15) is 19.2 Å². The van der Waals surface area contributed by atoms with Crippen molar-refractivity contribution in [2.75, 3.05) is 22.9 Å². The Hall–Kier alpha value is -3.68. The number of carbonyl (C=O) groups excluding carboxylic acids is 2. The van der Waals surface area contributed by atoms with Crippen LogP contribution in [-0.2, 0) is 19.2 Å². The Morgan fingerprint density at radius 2 is 1.12 bits per heavy atom. The topological polar surface area (TPSA) is 115 Å². The third-order valence-electron chi connectivity index (χ3n) is 5.63. The number of hydrogen-bond donors (Lipinski definition) is 2. The highest BCUT2D eigenvalue weighted by Crippen LogP contribution is 2.27. The Bertz CT molecular complexity index is 967. The second-order valence-corrected chi connectivity index (χ2v) is 8.02. The summed E-state index contributed by atoms with van der Waals surface area (Å²) in [5, 5.41) is 17.7. The van der Waals surface area contributed by atoms with E-state index in [2.05, 4.69) is 0 Å². The molecule has 2 amide bonds. The molecule has 32 heavy (non-hydrogen) atoms. The Morgan fingerprint density at radius 1 is 0.750 bits per heavy atom. The van der Waals surface area contributed by atoms with Crippen LogP contribution in [0.15, 0.2) is 48.5 Å². The predicted molar refractivity (Wildman–Crippen MR) is 119 cm³/mol. The van der Waals surface area contributed by atoms with Gasteiger partial charge in [-0.1, -0.05) is 24.3 Å². The number of benzene rings is 2. The van der Waals surface area contributed by atoms with Crippen molar-refractivity contribution in [3.05, 3.63) is 59.7 Å². The molecule has 0 spiro atoms. The molecular weight excluding hydrogens is 412 g/mol. The minimum atomic E-state index is -1.03. The monoisotopic (exact) mass is 438 g/mol. The highest BCUT2D eigenvalue weighted by Gasteiger charge is 2.38. The molecular formula is C24H26N2O6. The van der Waals surface area contributed by atoms with E-state index < -0.39 is 23.8 Å². The summed E-state index contributed by atoms with van der Waals surface area (Å²) >= 11 is 0. The molecule has 4 rings (SSSR count). The first kappa shape index (κ1) is 23.0. The van der Waals surface area contributed by atoms with Crippen LogP contribution in [0.2, 0.25) is 0 Å². The van der Waals surface area contributed by atoms with Gasteiger partial charge in [0.25, 0.3) is 0 Å². The van der Waals surface area contributed by atoms with Crippen molar-refractivity contribution in [3.8, 4) is 0 Å². The molecule has 2 aliphatic rings. The molecule has 2 aromatic carbocycles. The molecule has 8 nitrogen and oxygen atoms in total. The van der Waals surface area contributed by atoms with Gasteiger partial charge in [-0.3, -0.25) is 19.2 Å². The Morgan fingerprint density at radius 3 is 1.41 bits per heavy atom. The molecule has 0 saturated carbocycles. The van der Waals surface area contributed by atoms with Crippen LogP contribution in [0.3, 0.4) is 0 Å². The summed E-state index contributed by atoms with van der Waals surface area (Å²) < 4.78 is 0. The van der Waals surface area contributed by atoms with E-state index in [1.165, 1.54) is 0 Å². The molecule has 0 radical (unpaired) electrons. The average Bonchev–Trinajstić information content (AvgIpc) is 3.31. The molecule has 0 aliphatic carbocycles. The van der Waals surface area contributed by atoms with Gasteiger partial charge in [-0.25, -0.2) is 0 Å². The van der Waals surface area contributed by atoms with Crippen LogP contribution in [0.5, 0.6) is 0 Å². The lowest BCUT2D eigenvalue weighted by Crippen LogP contribution is -2.30. The van der Waals surface area contributed by atoms with E-state index in [1.807, 2.05) is 62.4 Å². The molecule has 2 heterocycles. The molecule has 2 aromatic rings. The number of hydrogen-bond acceptors (Lipinski definition) is 4. The predicted octanol–water partition coefficient (Wildman–Crippen LogP) is 2.87. The Balaban J connectivity index is 0.000000181. The van der Waals surface area contributed by atoms with E-state index in [4.69, 9.17) is 10.2 Å². The Labute approximate surface area is 186 Å². The van der Waals surface area contributed by atoms with Crippen molar-refractivity contribution in [1.29, 1.82) is 0 Å². The zero-order valence-corrected chi connectivity index (χ0v) is 18.0. The third kappa shape index (κ3) is 4.96. The molecule has 0 aromatic heterocycles. The van der Waals surface area contributed by atoms with Crippen LogP contribution in [-0.4, -0.2) is 47.1 Å². The van der Waals surface area contributed by atoms with E-state index in [1.54, 1.807) is 9.80 Å². The number of amides is 2. The van der Waals surface area contributed by atoms with Crippen molar-refractivity contribution >= 4 is 35.1 Å². The van der Waals surface area contributed by atoms with Gasteiger partial charge in [0.2, 0.25) is 11.8 Å². The SMILES string of the molecule is Cc1cccc(N2CCC(C(=O)O)C2=O)c1.Cc1cccc(N2CCC(C(=O)O)C2=O)c1. The minimum absolute atomic E-state index is 0.307. The van der Waals surface area contributed by atoms with Gasteiger partial charge >= 0.3 is 11.9 Å². The summed E-state index contributed by atoms with van der Waals surface area (Å²) in [6, 6.07) is 15.1. The van der Waals surface area contributed by atoms with Crippen molar-refractivity contribution in [1.82, 2.24) is 0 Å². The lowest BCUT2D eigenvalue weighted by molar-refractivity contribution is -0.146. The number of anilines is 2. The summed E-state index contributed by atoms with van der Waals surface area (Å²) in [4.78, 5) is 48.3. The Kier molecular flexibility index (Phi) is 6.92. The van der Waals surface area contributed by atoms with Crippen LogP contribution >= 0.6 is 0 Å². The van der Waals surface area contributed by atoms with Crippen LogP contribution in [0.4, 0.5) is 11.4 Å². The van der Waals surface area contributed by atoms with Gasteiger partial charge in [-0.2, -0.15) is 0 Å². The van der Waals surface area contributed by atoms with Gasteiger partial charge in [0.15, 0.2) is 0 Å². The van der Waals surface area contributed by atoms with Gasteiger partial charge in [0.1, 0.15) is 11.8 Å². The fraction of sp³-hybridized carbons (Fsp3) is 0.333. The first-order valence-electron chi connectivity index (χ1n) is 10.4. The van der Waals surface area contributed by atoms with Crippen molar-refractivity contribution in [2.45, 2.75) is 26.7 Å². The molecule has 168 valence electrons. The lowest BCUT2D eigenvalue weighted by atomic mass is 10.1. The second-order valence-electron chi connectivity index (χ2n) is 8.02. The second kappa shape index (κ2) is 9.64. The minimum Gasteiger partial charge on any atom is -0.481 e.